The molecule has 6 atom stereocenters. The number of hydrogen-bond acceptors (Lipinski definition) is 4. The third-order valence-corrected chi connectivity index (χ3v) is 87.1. The van der Waals surface area contributed by atoms with Gasteiger partial charge in [-0.05, 0) is 0 Å². The van der Waals surface area contributed by atoms with Crippen molar-refractivity contribution >= 4 is 25.2 Å². The van der Waals surface area contributed by atoms with Crippen LogP contribution in [0.4, 0.5) is 0 Å². The van der Waals surface area contributed by atoms with Gasteiger partial charge in [0.2, 0.25) is 0 Å². The summed E-state index contributed by atoms with van der Waals surface area (Å²) >= 11 is 0. The standard InChI is InChI=1S/C38H51N4P2Si.C5H5.Fe/c1-45(2,3)32-20-31(33(21-32)38(43,36-39-6-4-7-40-36)37-41-8-5-9-42-37)22-44(34-27-12-23-10-24(14-27)15-28(34)13-23)35-29-16-25-11-26(18-29)19-30(35)17-25;1-2-4-5-3-1;/h4-9,20-21,23-30,34-35H,10-19,22,43H2,1-3H3;1-5H;. The fourth-order valence-corrected chi connectivity index (χ4v) is 149. The van der Waals surface area contributed by atoms with Crippen LogP contribution in [0.1, 0.15) is 75.9 Å². The van der Waals surface area contributed by atoms with Crippen molar-refractivity contribution in [3.05, 3.63) is 48.6 Å². The average Bonchev–Trinajstić information content (AvgIpc) is 4.06. The van der Waals surface area contributed by atoms with Crippen molar-refractivity contribution in [2.24, 2.45) is 47.3 Å². The Kier molecular flexibility index (Phi) is 2.62. The molecule has 8 heteroatoms. The number of nitrogens with zero attached hydrogens (tertiary/aromatic N) is 4. The molecule has 0 radical (unpaired) electrons. The second-order valence-corrected chi connectivity index (χ2v) is 57.9. The molecule has 10 saturated heterocycles. The maximum absolute atomic E-state index is 5.34. The Balaban J connectivity index is 0.925. The van der Waals surface area contributed by atoms with Crippen molar-refractivity contribution in [3.63, 3.8) is 0 Å². The molecule has 18 fully saturated rings. The Hall–Kier alpha value is -0.244. The molecule has 1 spiro atoms. The van der Waals surface area contributed by atoms with E-state index in [1.807, 2.05) is 0 Å². The molecule has 20 rings (SSSR count). The zero-order chi connectivity index (χ0) is 33.2. The minimum absolute atomic E-state index is 0.0180. The molecule has 0 amide bonds. The Morgan fingerprint density at radius 2 is 1.04 bits per heavy atom. The Labute approximate surface area is 298 Å². The third-order valence-electron chi connectivity index (χ3n) is 28.4. The van der Waals surface area contributed by atoms with E-state index in [0.29, 0.717) is 8.63 Å². The molecular formula is C43H56FeN4P2Si. The second-order valence-electron chi connectivity index (χ2n) is 25.7. The maximum atomic E-state index is 5.34. The van der Waals surface area contributed by atoms with E-state index in [2.05, 4.69) is 65.8 Å². The SMILES string of the molecule is C[Si](C)(C)[C]12[CH]3[C]4(CP(C5C6CC7CC(C6)CC5C7)C5C6CC7CC(C6)CC5C7)[C]5(C(P)(c6ncccn6)c6ncccn6)[CH]1[Fe]34521678[CH]2[CH]1[CH]6[CH]7[CH]28. The van der Waals surface area contributed by atoms with Crippen molar-refractivity contribution < 1.29 is 6.51 Å². The van der Waals surface area contributed by atoms with Crippen molar-refractivity contribution in [2.75, 3.05) is 6.16 Å². The third kappa shape index (κ3) is 0.902. The molecule has 0 N–H and O–H groups in total. The van der Waals surface area contributed by atoms with Crippen LogP contribution in [0, 0.1) is 47.3 Å². The van der Waals surface area contributed by atoms with Crippen LogP contribution in [-0.4, -0.2) is 45.5 Å². The van der Waals surface area contributed by atoms with Crippen LogP contribution in [0.25, 0.3) is 0 Å². The molecule has 8 saturated carbocycles. The first-order valence-corrected chi connectivity index (χ1v) is 33.6. The van der Waals surface area contributed by atoms with Crippen molar-refractivity contribution in [1.82, 2.24) is 19.9 Å². The normalized spacial score (nSPS) is 73.4. The zero-order valence-electron chi connectivity index (χ0n) is 30.7. The summed E-state index contributed by atoms with van der Waals surface area (Å²) in [6, 6.07) is 4.13. The molecular weight excluding hydrogens is 718 g/mol. The van der Waals surface area contributed by atoms with Gasteiger partial charge >= 0.3 is 300 Å². The van der Waals surface area contributed by atoms with E-state index in [9.17, 15) is 0 Å². The number of fused-ring (bicyclic) bond motifs is 10. The quantitative estimate of drug-likeness (QED) is 0.198. The molecule has 6 unspecified atom stereocenters. The molecule has 2 aromatic rings. The molecule has 12 heterocycles. The Morgan fingerprint density at radius 3 is 1.39 bits per heavy atom. The fraction of sp³-hybridized carbons (Fsp3) is 0.814. The van der Waals surface area contributed by atoms with Crippen molar-refractivity contribution in [2.45, 2.75) is 147 Å². The predicted octanol–water partition coefficient (Wildman–Crippen LogP) is 10.9. The van der Waals surface area contributed by atoms with Crippen molar-refractivity contribution in [3.8, 4) is 0 Å². The van der Waals surface area contributed by atoms with Gasteiger partial charge in [-0.3, -0.25) is 0 Å². The Morgan fingerprint density at radius 1 is 0.647 bits per heavy atom. The Bertz CT molecular complexity index is 2350. The second kappa shape index (κ2) is 4.88. The molecule has 0 aromatic carbocycles. The first-order valence-electron chi connectivity index (χ1n) is 21.8. The van der Waals surface area contributed by atoms with Gasteiger partial charge in [-0.15, -0.1) is 0 Å². The fourth-order valence-electron chi connectivity index (χ4n) is 32.0. The summed E-state index contributed by atoms with van der Waals surface area (Å²) in [6.45, 7) is 4.39. The molecule has 51 heavy (non-hydrogen) atoms. The topological polar surface area (TPSA) is 51.6 Å². The van der Waals surface area contributed by atoms with E-state index in [1.54, 1.807) is 70.4 Å². The predicted molar refractivity (Wildman–Crippen MR) is 206 cm³/mol. The summed E-state index contributed by atoms with van der Waals surface area (Å²) in [6.07, 6.45) is 26.3. The van der Waals surface area contributed by atoms with Crippen LogP contribution in [0.15, 0.2) is 36.9 Å². The molecule has 2 aromatic heterocycles. The van der Waals surface area contributed by atoms with E-state index in [-0.39, 0.29) is 13.1 Å². The van der Waals surface area contributed by atoms with Gasteiger partial charge in [0.25, 0.3) is 0 Å². The van der Waals surface area contributed by atoms with Crippen LogP contribution in [-0.2, 0) is 11.7 Å². The van der Waals surface area contributed by atoms with Crippen molar-refractivity contribution in [1.29, 1.82) is 0 Å². The number of aromatic nitrogens is 4. The molecule has 270 valence electrons. The summed E-state index contributed by atoms with van der Waals surface area (Å²) in [5.41, 5.74) is 2.24. The molecule has 18 aliphatic rings. The summed E-state index contributed by atoms with van der Waals surface area (Å²) in [4.78, 5) is 29.9. The first kappa shape index (κ1) is 27.4. The van der Waals surface area contributed by atoms with Gasteiger partial charge in [0.1, 0.15) is 0 Å². The van der Waals surface area contributed by atoms with Crippen LogP contribution in [0.2, 0.25) is 65.9 Å². The van der Waals surface area contributed by atoms with Gasteiger partial charge in [0, 0.05) is 0 Å². The molecule has 8 aliphatic carbocycles. The van der Waals surface area contributed by atoms with Gasteiger partial charge in [-0.2, -0.15) is 0 Å². The van der Waals surface area contributed by atoms with Gasteiger partial charge in [0.05, 0.1) is 0 Å². The van der Waals surface area contributed by atoms with E-state index in [1.165, 1.54) is 28.9 Å². The zero-order valence-corrected chi connectivity index (χ0v) is 34.9. The summed E-state index contributed by atoms with van der Waals surface area (Å²) in [5.74, 6) is 11.0. The number of rotatable bonds is 8. The van der Waals surface area contributed by atoms with E-state index in [0.717, 1.165) is 79.1 Å². The molecule has 10 aliphatic heterocycles. The van der Waals surface area contributed by atoms with Gasteiger partial charge in [0.15, 0.2) is 0 Å². The van der Waals surface area contributed by atoms with Gasteiger partial charge < -0.3 is 0 Å². The molecule has 4 nitrogen and oxygen atoms in total. The summed E-state index contributed by atoms with van der Waals surface area (Å²) in [7, 11) is 2.27. The monoisotopic (exact) mass is 774 g/mol. The molecule has 8 bridgehead atoms. The average molecular weight is 775 g/mol. The van der Waals surface area contributed by atoms with Gasteiger partial charge in [-0.25, -0.2) is 0 Å². The number of hydrogen-bond donors (Lipinski definition) is 0. The van der Waals surface area contributed by atoms with Gasteiger partial charge in [-0.1, -0.05) is 0 Å². The van der Waals surface area contributed by atoms with Crippen LogP contribution >= 0.6 is 17.2 Å². The minimum atomic E-state index is -4.35. The van der Waals surface area contributed by atoms with E-state index >= 15 is 0 Å². The van der Waals surface area contributed by atoms with Crippen LogP contribution in [0.5, 0.6) is 0 Å². The summed E-state index contributed by atoms with van der Waals surface area (Å²) in [5, 5.41) is -0.290. The van der Waals surface area contributed by atoms with E-state index < -0.39 is 14.6 Å². The first-order chi connectivity index (χ1) is 24.5. The van der Waals surface area contributed by atoms with E-state index in [4.69, 9.17) is 19.9 Å². The van der Waals surface area contributed by atoms with Crippen LogP contribution < -0.4 is 0 Å². The van der Waals surface area contributed by atoms with Crippen LogP contribution in [0.3, 0.4) is 0 Å². The summed E-state index contributed by atoms with van der Waals surface area (Å²) < 4.78 is 2.04.